The zero-order chi connectivity index (χ0) is 16.8. The number of carbonyl (C=O) groups excluding carboxylic acids is 1. The van der Waals surface area contributed by atoms with Crippen molar-refractivity contribution in [1.29, 1.82) is 0 Å². The van der Waals surface area contributed by atoms with Crippen LogP contribution in [-0.4, -0.2) is 47.7 Å². The maximum atomic E-state index is 13.2. The average Bonchev–Trinajstić information content (AvgIpc) is 2.83. The lowest BCUT2D eigenvalue weighted by atomic mass is 10.2. The summed E-state index contributed by atoms with van der Waals surface area (Å²) < 4.78 is 51.3. The van der Waals surface area contributed by atoms with Gasteiger partial charge in [0.1, 0.15) is 19.8 Å². The second kappa shape index (κ2) is 5.32. The molecular formula is C14H14F3N3O3. The zero-order valence-corrected chi connectivity index (χ0v) is 12.5. The van der Waals surface area contributed by atoms with Gasteiger partial charge in [-0.15, -0.1) is 0 Å². The molecule has 0 fully saturated rings. The first kappa shape index (κ1) is 15.4. The van der Waals surface area contributed by atoms with E-state index in [0.717, 1.165) is 4.57 Å². The maximum Gasteiger partial charge on any atom is 0.449 e. The Balaban J connectivity index is 2.18. The van der Waals surface area contributed by atoms with Crippen LogP contribution in [0.3, 0.4) is 0 Å². The molecule has 23 heavy (non-hydrogen) atoms. The topological polar surface area (TPSA) is 56.6 Å². The molecule has 0 atom stereocenters. The Morgan fingerprint density at radius 3 is 2.43 bits per heavy atom. The number of ether oxygens (including phenoxy) is 2. The molecule has 0 radical (unpaired) electrons. The van der Waals surface area contributed by atoms with Crippen molar-refractivity contribution in [2.24, 2.45) is 0 Å². The van der Waals surface area contributed by atoms with Gasteiger partial charge in [-0.05, 0) is 0 Å². The van der Waals surface area contributed by atoms with E-state index in [1.807, 2.05) is 0 Å². The third-order valence-electron chi connectivity index (χ3n) is 3.46. The first-order valence-corrected chi connectivity index (χ1v) is 6.84. The number of hydrogen-bond donors (Lipinski definition) is 0. The summed E-state index contributed by atoms with van der Waals surface area (Å²) in [5.41, 5.74) is 0.282. The van der Waals surface area contributed by atoms with Gasteiger partial charge in [-0.2, -0.15) is 13.2 Å². The Morgan fingerprint density at radius 2 is 1.87 bits per heavy atom. The molecule has 1 aliphatic rings. The highest BCUT2D eigenvalue weighted by Gasteiger charge is 2.38. The average molecular weight is 329 g/mol. The standard InChI is InChI=1S/C14H14F3N3O3/c1-19(2)12(21)7-20-9-6-11-10(22-3-4-23-11)5-8(9)18-13(20)14(15,16)17/h5-6H,3-4,7H2,1-2H3. The van der Waals surface area contributed by atoms with Gasteiger partial charge in [0.05, 0.1) is 11.0 Å². The fraction of sp³-hybridized carbons (Fsp3) is 0.429. The summed E-state index contributed by atoms with van der Waals surface area (Å²) in [7, 11) is 2.96. The molecular weight excluding hydrogens is 315 g/mol. The molecule has 0 saturated heterocycles. The van der Waals surface area contributed by atoms with Crippen molar-refractivity contribution in [1.82, 2.24) is 14.5 Å². The van der Waals surface area contributed by atoms with E-state index in [4.69, 9.17) is 9.47 Å². The van der Waals surface area contributed by atoms with Crippen molar-refractivity contribution < 1.29 is 27.4 Å². The van der Waals surface area contributed by atoms with Crippen LogP contribution in [0.25, 0.3) is 11.0 Å². The fourth-order valence-corrected chi connectivity index (χ4v) is 2.31. The van der Waals surface area contributed by atoms with E-state index in [1.54, 1.807) is 0 Å². The quantitative estimate of drug-likeness (QED) is 0.845. The Bertz CT molecular complexity index is 768. The van der Waals surface area contributed by atoms with Crippen molar-refractivity contribution in [3.8, 4) is 11.5 Å². The van der Waals surface area contributed by atoms with Crippen LogP contribution in [0.2, 0.25) is 0 Å². The monoisotopic (exact) mass is 329 g/mol. The van der Waals surface area contributed by atoms with Crippen LogP contribution < -0.4 is 9.47 Å². The van der Waals surface area contributed by atoms with E-state index in [9.17, 15) is 18.0 Å². The number of rotatable bonds is 2. The Labute approximate surface area is 129 Å². The van der Waals surface area contributed by atoms with Crippen LogP contribution in [0, 0.1) is 0 Å². The van der Waals surface area contributed by atoms with Crippen LogP contribution >= 0.6 is 0 Å². The van der Waals surface area contributed by atoms with E-state index in [1.165, 1.54) is 31.1 Å². The van der Waals surface area contributed by atoms with E-state index < -0.39 is 24.5 Å². The van der Waals surface area contributed by atoms with Gasteiger partial charge in [0, 0.05) is 26.2 Å². The molecule has 1 aromatic heterocycles. The third kappa shape index (κ3) is 2.78. The van der Waals surface area contributed by atoms with Crippen LogP contribution in [0.1, 0.15) is 5.82 Å². The van der Waals surface area contributed by atoms with Crippen molar-refractivity contribution in [2.75, 3.05) is 27.3 Å². The lowest BCUT2D eigenvalue weighted by Gasteiger charge is -2.18. The summed E-state index contributed by atoms with van der Waals surface area (Å²) in [5, 5.41) is 0. The van der Waals surface area contributed by atoms with Gasteiger partial charge in [-0.25, -0.2) is 4.98 Å². The molecule has 9 heteroatoms. The number of nitrogens with zero attached hydrogens (tertiary/aromatic N) is 3. The third-order valence-corrected chi connectivity index (χ3v) is 3.46. The molecule has 124 valence electrons. The Hall–Kier alpha value is -2.45. The molecule has 2 heterocycles. The van der Waals surface area contributed by atoms with Crippen LogP contribution in [0.5, 0.6) is 11.5 Å². The van der Waals surface area contributed by atoms with E-state index in [-0.39, 0.29) is 11.0 Å². The fourth-order valence-electron chi connectivity index (χ4n) is 2.31. The number of aromatic nitrogens is 2. The number of halogens is 3. The lowest BCUT2D eigenvalue weighted by Crippen LogP contribution is -2.28. The van der Waals surface area contributed by atoms with Gasteiger partial charge < -0.3 is 18.9 Å². The molecule has 1 aliphatic heterocycles. The second-order valence-corrected chi connectivity index (χ2v) is 5.29. The summed E-state index contributed by atoms with van der Waals surface area (Å²) in [6.07, 6.45) is -4.67. The molecule has 6 nitrogen and oxygen atoms in total. The molecule has 2 aromatic rings. The minimum atomic E-state index is -4.67. The Kier molecular flexibility index (Phi) is 3.57. The van der Waals surface area contributed by atoms with Gasteiger partial charge in [0.2, 0.25) is 11.7 Å². The Morgan fingerprint density at radius 1 is 1.26 bits per heavy atom. The van der Waals surface area contributed by atoms with Gasteiger partial charge in [0.25, 0.3) is 0 Å². The molecule has 1 aromatic carbocycles. The molecule has 0 N–H and O–H groups in total. The van der Waals surface area contributed by atoms with Crippen molar-refractivity contribution >= 4 is 16.9 Å². The highest BCUT2D eigenvalue weighted by molar-refractivity contribution is 5.83. The van der Waals surface area contributed by atoms with Gasteiger partial charge in [-0.3, -0.25) is 4.79 Å². The summed E-state index contributed by atoms with van der Waals surface area (Å²) in [5.74, 6) is -0.897. The summed E-state index contributed by atoms with van der Waals surface area (Å²) >= 11 is 0. The van der Waals surface area contributed by atoms with Crippen LogP contribution in [0.4, 0.5) is 13.2 Å². The van der Waals surface area contributed by atoms with Crippen LogP contribution in [0.15, 0.2) is 12.1 Å². The van der Waals surface area contributed by atoms with E-state index in [0.29, 0.717) is 24.7 Å². The molecule has 0 aliphatic carbocycles. The largest absolute Gasteiger partial charge is 0.486 e. The molecule has 1 amide bonds. The number of alkyl halides is 3. The number of benzene rings is 1. The van der Waals surface area contributed by atoms with Gasteiger partial charge in [0.15, 0.2) is 11.5 Å². The number of carbonyl (C=O) groups is 1. The number of imidazole rings is 1. The predicted molar refractivity (Wildman–Crippen MR) is 74.4 cm³/mol. The lowest BCUT2D eigenvalue weighted by molar-refractivity contribution is -0.147. The number of hydrogen-bond acceptors (Lipinski definition) is 4. The minimum Gasteiger partial charge on any atom is -0.486 e. The normalized spacial score (nSPS) is 14.1. The SMILES string of the molecule is CN(C)C(=O)Cn1c(C(F)(F)F)nc2cc3c(cc21)OCCO3. The number of fused-ring (bicyclic) bond motifs is 2. The van der Waals surface area contributed by atoms with E-state index in [2.05, 4.69) is 4.98 Å². The summed E-state index contributed by atoms with van der Waals surface area (Å²) in [6.45, 7) is 0.178. The molecule has 3 rings (SSSR count). The van der Waals surface area contributed by atoms with Gasteiger partial charge in [-0.1, -0.05) is 0 Å². The smallest absolute Gasteiger partial charge is 0.449 e. The predicted octanol–water partition coefficient (Wildman–Crippen LogP) is 1.91. The maximum absolute atomic E-state index is 13.2. The first-order valence-electron chi connectivity index (χ1n) is 6.84. The first-order chi connectivity index (χ1) is 10.8. The zero-order valence-electron chi connectivity index (χ0n) is 12.5. The van der Waals surface area contributed by atoms with Gasteiger partial charge >= 0.3 is 6.18 Å². The van der Waals surface area contributed by atoms with Crippen molar-refractivity contribution in [2.45, 2.75) is 12.7 Å². The summed E-state index contributed by atoms with van der Waals surface area (Å²) in [6, 6.07) is 2.82. The number of likely N-dealkylation sites (N-methyl/N-ethyl adjacent to an activating group) is 1. The minimum absolute atomic E-state index is 0.105. The van der Waals surface area contributed by atoms with Crippen LogP contribution in [-0.2, 0) is 17.5 Å². The molecule has 0 unspecified atom stereocenters. The van der Waals surface area contributed by atoms with E-state index >= 15 is 0 Å². The molecule has 0 bridgehead atoms. The highest BCUT2D eigenvalue weighted by Crippen LogP contribution is 2.37. The van der Waals surface area contributed by atoms with Crippen molar-refractivity contribution in [3.63, 3.8) is 0 Å². The molecule has 0 saturated carbocycles. The number of amides is 1. The highest BCUT2D eigenvalue weighted by atomic mass is 19.4. The summed E-state index contributed by atoms with van der Waals surface area (Å²) in [4.78, 5) is 16.7. The van der Waals surface area contributed by atoms with Crippen molar-refractivity contribution in [3.05, 3.63) is 18.0 Å². The molecule has 0 spiro atoms. The second-order valence-electron chi connectivity index (χ2n) is 5.29.